The van der Waals surface area contributed by atoms with Gasteiger partial charge in [-0.1, -0.05) is 23.2 Å². The second-order valence-electron chi connectivity index (χ2n) is 2.31. The Morgan fingerprint density at radius 3 is 1.69 bits per heavy atom. The first-order chi connectivity index (χ1) is 6.77. The van der Waals surface area contributed by atoms with Gasteiger partial charge in [-0.15, -0.1) is 0 Å². The van der Waals surface area contributed by atoms with Crippen LogP contribution in [0.25, 0.3) is 0 Å². The molecule has 0 saturated carbocycles. The van der Waals surface area contributed by atoms with E-state index in [1.807, 2.05) is 0 Å². The summed E-state index contributed by atoms with van der Waals surface area (Å²) in [5.74, 6) is 0. The summed E-state index contributed by atoms with van der Waals surface area (Å²) in [6.45, 7) is 0. The van der Waals surface area contributed by atoms with Crippen molar-refractivity contribution in [1.82, 2.24) is 0 Å². The number of hydrogen-bond donors (Lipinski definition) is 4. The second-order valence-corrected chi connectivity index (χ2v) is 10.5. The van der Waals surface area contributed by atoms with Crippen LogP contribution < -0.4 is 0 Å². The summed E-state index contributed by atoms with van der Waals surface area (Å²) < 4.78 is 36.5. The summed E-state index contributed by atoms with van der Waals surface area (Å²) in [5.41, 5.74) is 0. The topological polar surface area (TPSA) is 151 Å². The molecule has 4 N–H and O–H groups in total. The third-order valence-electron chi connectivity index (χ3n) is 1.14. The highest BCUT2D eigenvalue weighted by Gasteiger charge is 2.62. The molecule has 0 radical (unpaired) electrons. The van der Waals surface area contributed by atoms with E-state index < -0.39 is 26.8 Å². The Morgan fingerprint density at radius 2 is 1.44 bits per heavy atom. The lowest BCUT2D eigenvalue weighted by Crippen LogP contribution is -2.15. The summed E-state index contributed by atoms with van der Waals surface area (Å²) in [7, 11) is -15.3. The van der Waals surface area contributed by atoms with Crippen molar-refractivity contribution in [3.8, 4) is 0 Å². The minimum Gasteiger partial charge on any atom is -0.322 e. The molecular weight excluding hydrogens is 332 g/mol. The summed E-state index contributed by atoms with van der Waals surface area (Å²) in [4.78, 5) is 34.9. The molecule has 0 spiro atoms. The molecule has 2 atom stereocenters. The maximum absolute atomic E-state index is 11.2. The summed E-state index contributed by atoms with van der Waals surface area (Å²) in [6, 6.07) is 0. The van der Waals surface area contributed by atoms with Crippen molar-refractivity contribution in [3.05, 3.63) is 0 Å². The van der Waals surface area contributed by atoms with E-state index >= 15 is 0 Å². The predicted molar refractivity (Wildman–Crippen MR) is 54.2 cm³/mol. The molecule has 0 aromatic carbocycles. The lowest BCUT2D eigenvalue weighted by atomic mass is 11.8. The summed E-state index contributed by atoms with van der Waals surface area (Å²) in [6.07, 6.45) is 0. The standard InChI is InChI=1S/C2H7Cl2O9P3/c1-12-16(10,11)13-15(8,9)2(3,4)14(5,6)7/h1H3,(H,8,9)(H,10,11)(H2,5,6,7). The molecule has 14 heteroatoms. The number of rotatable bonds is 5. The fourth-order valence-electron chi connectivity index (χ4n) is 0.387. The van der Waals surface area contributed by atoms with E-state index in [0.29, 0.717) is 7.11 Å². The van der Waals surface area contributed by atoms with Crippen LogP contribution in [0.5, 0.6) is 0 Å². The van der Waals surface area contributed by atoms with Crippen LogP contribution in [0.4, 0.5) is 0 Å². The Hall–Kier alpha value is 1.03. The first-order valence-corrected chi connectivity index (χ1v) is 8.57. The van der Waals surface area contributed by atoms with Crippen LogP contribution in [0.15, 0.2) is 0 Å². The summed E-state index contributed by atoms with van der Waals surface area (Å²) in [5, 5.41) is 0. The van der Waals surface area contributed by atoms with Crippen molar-refractivity contribution < 1.29 is 42.1 Å². The zero-order valence-corrected chi connectivity index (χ0v) is 11.6. The number of alkyl halides is 2. The van der Waals surface area contributed by atoms with Crippen molar-refractivity contribution in [2.24, 2.45) is 0 Å². The molecule has 0 saturated heterocycles. The second kappa shape index (κ2) is 4.96. The molecule has 9 nitrogen and oxygen atoms in total. The molecular formula is C2H7Cl2O9P3. The molecule has 0 heterocycles. The highest BCUT2D eigenvalue weighted by atomic mass is 35.5. The van der Waals surface area contributed by atoms with Crippen LogP contribution in [0.2, 0.25) is 0 Å². The first-order valence-electron chi connectivity index (χ1n) is 3.13. The Labute approximate surface area is 99.6 Å². The van der Waals surface area contributed by atoms with Gasteiger partial charge in [-0.3, -0.25) is 13.7 Å². The van der Waals surface area contributed by atoms with Gasteiger partial charge in [0.15, 0.2) is 0 Å². The van der Waals surface area contributed by atoms with Gasteiger partial charge in [0, 0.05) is 7.11 Å². The zero-order chi connectivity index (χ0) is 13.4. The Kier molecular flexibility index (Phi) is 5.28. The lowest BCUT2D eigenvalue weighted by molar-refractivity contribution is 0.229. The molecule has 98 valence electrons. The van der Waals surface area contributed by atoms with Gasteiger partial charge in [0.05, 0.1) is 0 Å². The molecule has 0 aromatic heterocycles. The van der Waals surface area contributed by atoms with Gasteiger partial charge in [-0.05, 0) is 0 Å². The van der Waals surface area contributed by atoms with Crippen LogP contribution in [0.1, 0.15) is 0 Å². The van der Waals surface area contributed by atoms with E-state index in [1.165, 1.54) is 0 Å². The monoisotopic (exact) mass is 338 g/mol. The number of phosphoric acid groups is 1. The molecule has 0 bridgehead atoms. The van der Waals surface area contributed by atoms with E-state index in [1.54, 1.807) is 0 Å². The maximum Gasteiger partial charge on any atom is 0.479 e. The average Bonchev–Trinajstić information content (AvgIpc) is 2.00. The normalized spacial score (nSPS) is 21.2. The molecule has 0 aliphatic carbocycles. The molecule has 0 rings (SSSR count). The number of phosphoric ester groups is 1. The third kappa shape index (κ3) is 3.77. The number of hydrogen-bond acceptors (Lipinski definition) is 5. The highest BCUT2D eigenvalue weighted by Crippen LogP contribution is 2.79. The quantitative estimate of drug-likeness (QED) is 0.428. The van der Waals surface area contributed by atoms with E-state index in [0.717, 1.165) is 0 Å². The van der Waals surface area contributed by atoms with Gasteiger partial charge in [0.1, 0.15) is 0 Å². The minimum absolute atomic E-state index is 0.655. The smallest absolute Gasteiger partial charge is 0.322 e. The molecule has 0 aliphatic rings. The van der Waals surface area contributed by atoms with Gasteiger partial charge in [-0.25, -0.2) is 8.88 Å². The molecule has 0 aromatic rings. The van der Waals surface area contributed by atoms with E-state index in [9.17, 15) is 13.7 Å². The Bertz CT molecular complexity index is 398. The van der Waals surface area contributed by atoms with Gasteiger partial charge < -0.3 is 19.6 Å². The third-order valence-corrected chi connectivity index (χ3v) is 8.83. The SMILES string of the molecule is COP(=O)(O)OP(=O)(O)C(Cl)(Cl)P(=O)(O)O. The van der Waals surface area contributed by atoms with Crippen LogP contribution in [-0.2, 0) is 22.5 Å². The highest BCUT2D eigenvalue weighted by molar-refractivity contribution is 7.81. The largest absolute Gasteiger partial charge is 0.479 e. The van der Waals surface area contributed by atoms with E-state index in [4.69, 9.17) is 42.8 Å². The fraction of sp³-hybridized carbons (Fsp3) is 1.00. The molecule has 0 aliphatic heterocycles. The van der Waals surface area contributed by atoms with E-state index in [2.05, 4.69) is 8.83 Å². The van der Waals surface area contributed by atoms with Crippen LogP contribution in [0.3, 0.4) is 0 Å². The predicted octanol–water partition coefficient (Wildman–Crippen LogP) is 1.20. The van der Waals surface area contributed by atoms with Gasteiger partial charge in [0.2, 0.25) is 0 Å². The minimum atomic E-state index is -5.53. The maximum atomic E-state index is 11.2. The van der Waals surface area contributed by atoms with Crippen molar-refractivity contribution in [3.63, 3.8) is 0 Å². The lowest BCUT2D eigenvalue weighted by Gasteiger charge is -2.25. The van der Waals surface area contributed by atoms with Gasteiger partial charge >= 0.3 is 26.8 Å². The first kappa shape index (κ1) is 17.0. The van der Waals surface area contributed by atoms with Gasteiger partial charge in [0.25, 0.3) is 0 Å². The van der Waals surface area contributed by atoms with Gasteiger partial charge in [-0.2, -0.15) is 0 Å². The van der Waals surface area contributed by atoms with Crippen molar-refractivity contribution in [2.45, 2.75) is 3.82 Å². The average molecular weight is 339 g/mol. The Balaban J connectivity index is 5.32. The number of halogens is 2. The summed E-state index contributed by atoms with van der Waals surface area (Å²) >= 11 is 9.89. The molecule has 0 fully saturated rings. The zero-order valence-electron chi connectivity index (χ0n) is 7.43. The van der Waals surface area contributed by atoms with Crippen LogP contribution in [0, 0.1) is 0 Å². The fourth-order valence-corrected chi connectivity index (χ4v) is 4.37. The van der Waals surface area contributed by atoms with Crippen molar-refractivity contribution in [2.75, 3.05) is 7.11 Å². The Morgan fingerprint density at radius 1 is 1.06 bits per heavy atom. The molecule has 0 amide bonds. The molecule has 2 unspecified atom stereocenters. The van der Waals surface area contributed by atoms with Crippen molar-refractivity contribution >= 4 is 46.2 Å². The van der Waals surface area contributed by atoms with Crippen LogP contribution in [-0.4, -0.2) is 30.5 Å². The van der Waals surface area contributed by atoms with E-state index in [-0.39, 0.29) is 0 Å². The van der Waals surface area contributed by atoms with Crippen LogP contribution >= 0.6 is 46.2 Å². The van der Waals surface area contributed by atoms with Crippen molar-refractivity contribution in [1.29, 1.82) is 0 Å². The molecule has 16 heavy (non-hydrogen) atoms.